The highest BCUT2D eigenvalue weighted by molar-refractivity contribution is 7.22. The summed E-state index contributed by atoms with van der Waals surface area (Å²) < 4.78 is 1.00. The first-order chi connectivity index (χ1) is 10.6. The number of amides is 1. The van der Waals surface area contributed by atoms with E-state index in [2.05, 4.69) is 20.7 Å². The number of nitrogens with one attached hydrogen (secondary N) is 2. The van der Waals surface area contributed by atoms with Crippen LogP contribution in [0.15, 0.2) is 30.6 Å². The van der Waals surface area contributed by atoms with Gasteiger partial charge in [-0.25, -0.2) is 10.8 Å². The SMILES string of the molecule is Cc1cc2nc(NN)sc2c(C)c1NC(=O)c1cccnc1. The molecular weight excluding hydrogens is 298 g/mol. The van der Waals surface area contributed by atoms with Gasteiger partial charge in [0.2, 0.25) is 0 Å². The van der Waals surface area contributed by atoms with E-state index in [4.69, 9.17) is 5.84 Å². The topological polar surface area (TPSA) is 92.9 Å². The summed E-state index contributed by atoms with van der Waals surface area (Å²) in [6.07, 6.45) is 3.18. The molecule has 2 heterocycles. The van der Waals surface area contributed by atoms with E-state index in [1.807, 2.05) is 19.9 Å². The van der Waals surface area contributed by atoms with Gasteiger partial charge in [0.1, 0.15) is 0 Å². The van der Waals surface area contributed by atoms with Gasteiger partial charge in [0.05, 0.1) is 15.8 Å². The predicted molar refractivity (Wildman–Crippen MR) is 89.1 cm³/mol. The molecule has 6 nitrogen and oxygen atoms in total. The molecule has 22 heavy (non-hydrogen) atoms. The zero-order valence-corrected chi connectivity index (χ0v) is 13.0. The number of aryl methyl sites for hydroxylation is 2. The Bertz CT molecular complexity index is 844. The van der Waals surface area contributed by atoms with Gasteiger partial charge in [0.15, 0.2) is 5.13 Å². The van der Waals surface area contributed by atoms with Crippen LogP contribution in [0.5, 0.6) is 0 Å². The lowest BCUT2D eigenvalue weighted by Crippen LogP contribution is -2.14. The van der Waals surface area contributed by atoms with Crippen LogP contribution in [0, 0.1) is 13.8 Å². The number of thiazole rings is 1. The molecule has 3 rings (SSSR count). The summed E-state index contributed by atoms with van der Waals surface area (Å²) in [5.74, 6) is 5.24. The van der Waals surface area contributed by atoms with Gasteiger partial charge >= 0.3 is 0 Å². The third kappa shape index (κ3) is 2.51. The number of pyridine rings is 1. The van der Waals surface area contributed by atoms with Crippen LogP contribution in [0.1, 0.15) is 21.5 Å². The summed E-state index contributed by atoms with van der Waals surface area (Å²) in [6.45, 7) is 3.91. The molecule has 0 aliphatic heterocycles. The van der Waals surface area contributed by atoms with E-state index >= 15 is 0 Å². The molecule has 0 bridgehead atoms. The van der Waals surface area contributed by atoms with Crippen molar-refractivity contribution in [2.75, 3.05) is 10.7 Å². The van der Waals surface area contributed by atoms with E-state index in [0.29, 0.717) is 10.7 Å². The Labute approximate surface area is 131 Å². The van der Waals surface area contributed by atoms with E-state index in [0.717, 1.165) is 27.0 Å². The van der Waals surface area contributed by atoms with E-state index in [-0.39, 0.29) is 5.91 Å². The van der Waals surface area contributed by atoms with Gasteiger partial charge in [0.25, 0.3) is 5.91 Å². The van der Waals surface area contributed by atoms with Gasteiger partial charge in [-0.15, -0.1) is 0 Å². The summed E-state index contributed by atoms with van der Waals surface area (Å²) in [5, 5.41) is 3.61. The van der Waals surface area contributed by atoms with Crippen molar-refractivity contribution in [2.45, 2.75) is 13.8 Å². The summed E-state index contributed by atoms with van der Waals surface area (Å²) in [7, 11) is 0. The number of nitrogens with two attached hydrogens (primary N) is 1. The van der Waals surface area contributed by atoms with Crippen molar-refractivity contribution in [2.24, 2.45) is 5.84 Å². The van der Waals surface area contributed by atoms with Crippen molar-refractivity contribution in [3.63, 3.8) is 0 Å². The molecule has 4 N–H and O–H groups in total. The second kappa shape index (κ2) is 5.70. The minimum absolute atomic E-state index is 0.180. The van der Waals surface area contributed by atoms with Crippen molar-refractivity contribution in [1.29, 1.82) is 0 Å². The third-order valence-corrected chi connectivity index (χ3v) is 4.52. The Hall–Kier alpha value is -2.51. The molecule has 0 spiro atoms. The van der Waals surface area contributed by atoms with Crippen molar-refractivity contribution < 1.29 is 4.79 Å². The Morgan fingerprint density at radius 2 is 2.18 bits per heavy atom. The molecule has 0 fully saturated rings. The number of fused-ring (bicyclic) bond motifs is 1. The number of carbonyl (C=O) groups is 1. The van der Waals surface area contributed by atoms with Crippen LogP contribution in [0.3, 0.4) is 0 Å². The van der Waals surface area contributed by atoms with E-state index in [1.54, 1.807) is 24.5 Å². The highest BCUT2D eigenvalue weighted by Crippen LogP contribution is 2.34. The Morgan fingerprint density at radius 3 is 2.86 bits per heavy atom. The van der Waals surface area contributed by atoms with Crippen LogP contribution in [0.4, 0.5) is 10.8 Å². The molecule has 2 aromatic heterocycles. The van der Waals surface area contributed by atoms with Gasteiger partial charge in [-0.05, 0) is 43.2 Å². The smallest absolute Gasteiger partial charge is 0.257 e. The fraction of sp³-hybridized carbons (Fsp3) is 0.133. The summed E-state index contributed by atoms with van der Waals surface area (Å²) >= 11 is 1.46. The number of nitrogen functional groups attached to an aromatic ring is 1. The normalized spacial score (nSPS) is 10.7. The summed E-state index contributed by atoms with van der Waals surface area (Å²) in [6, 6.07) is 5.41. The molecule has 0 unspecified atom stereocenters. The number of benzene rings is 1. The minimum Gasteiger partial charge on any atom is -0.321 e. The molecule has 0 atom stereocenters. The molecule has 0 saturated carbocycles. The lowest BCUT2D eigenvalue weighted by atomic mass is 10.1. The molecule has 0 saturated heterocycles. The van der Waals surface area contributed by atoms with Crippen molar-refractivity contribution >= 4 is 38.3 Å². The quantitative estimate of drug-likeness (QED) is 0.511. The lowest BCUT2D eigenvalue weighted by Gasteiger charge is -2.12. The van der Waals surface area contributed by atoms with Crippen LogP contribution in [-0.4, -0.2) is 15.9 Å². The van der Waals surface area contributed by atoms with Crippen molar-refractivity contribution in [3.05, 3.63) is 47.3 Å². The van der Waals surface area contributed by atoms with Crippen LogP contribution in [-0.2, 0) is 0 Å². The van der Waals surface area contributed by atoms with Crippen molar-refractivity contribution in [3.8, 4) is 0 Å². The molecule has 0 aliphatic carbocycles. The van der Waals surface area contributed by atoms with Crippen LogP contribution in [0.2, 0.25) is 0 Å². The maximum absolute atomic E-state index is 12.3. The van der Waals surface area contributed by atoms with Crippen molar-refractivity contribution in [1.82, 2.24) is 9.97 Å². The first-order valence-electron chi connectivity index (χ1n) is 6.69. The molecule has 112 valence electrons. The third-order valence-electron chi connectivity index (χ3n) is 3.40. The average molecular weight is 313 g/mol. The molecular formula is C15H15N5OS. The van der Waals surface area contributed by atoms with E-state index in [9.17, 15) is 4.79 Å². The minimum atomic E-state index is -0.180. The van der Waals surface area contributed by atoms with Gasteiger partial charge < -0.3 is 5.32 Å². The van der Waals surface area contributed by atoms with Gasteiger partial charge in [0, 0.05) is 18.1 Å². The Balaban J connectivity index is 2.01. The van der Waals surface area contributed by atoms with Gasteiger partial charge in [-0.1, -0.05) is 11.3 Å². The van der Waals surface area contributed by atoms with E-state index < -0.39 is 0 Å². The fourth-order valence-corrected chi connectivity index (χ4v) is 3.18. The predicted octanol–water partition coefficient (Wildman–Crippen LogP) is 2.85. The zero-order valence-electron chi connectivity index (χ0n) is 12.2. The first-order valence-corrected chi connectivity index (χ1v) is 7.50. The fourth-order valence-electron chi connectivity index (χ4n) is 2.32. The number of hydrazine groups is 1. The number of nitrogens with zero attached hydrogens (tertiary/aromatic N) is 2. The van der Waals surface area contributed by atoms with Crippen LogP contribution in [0.25, 0.3) is 10.2 Å². The number of aromatic nitrogens is 2. The highest BCUT2D eigenvalue weighted by Gasteiger charge is 2.15. The largest absolute Gasteiger partial charge is 0.321 e. The number of rotatable bonds is 3. The Kier molecular flexibility index (Phi) is 3.74. The first kappa shape index (κ1) is 14.4. The monoisotopic (exact) mass is 313 g/mol. The maximum atomic E-state index is 12.3. The molecule has 3 aromatic rings. The molecule has 1 aromatic carbocycles. The second-order valence-corrected chi connectivity index (χ2v) is 5.90. The zero-order chi connectivity index (χ0) is 15.7. The number of carbonyl (C=O) groups excluding carboxylic acids is 1. The van der Waals surface area contributed by atoms with Gasteiger partial charge in [-0.3, -0.25) is 15.2 Å². The van der Waals surface area contributed by atoms with Crippen LogP contribution < -0.4 is 16.6 Å². The number of hydrogen-bond donors (Lipinski definition) is 3. The molecule has 7 heteroatoms. The Morgan fingerprint density at radius 1 is 1.36 bits per heavy atom. The summed E-state index contributed by atoms with van der Waals surface area (Å²) in [5.41, 5.74) is 6.68. The van der Waals surface area contributed by atoms with E-state index in [1.165, 1.54) is 11.3 Å². The molecule has 0 aliphatic rings. The number of hydrogen-bond acceptors (Lipinski definition) is 6. The maximum Gasteiger partial charge on any atom is 0.257 e. The van der Waals surface area contributed by atoms with Crippen LogP contribution >= 0.6 is 11.3 Å². The highest BCUT2D eigenvalue weighted by atomic mass is 32.1. The lowest BCUT2D eigenvalue weighted by molar-refractivity contribution is 0.102. The second-order valence-electron chi connectivity index (χ2n) is 4.90. The van der Waals surface area contributed by atoms with Gasteiger partial charge in [-0.2, -0.15) is 0 Å². The summed E-state index contributed by atoms with van der Waals surface area (Å²) in [4.78, 5) is 20.7. The molecule has 0 radical (unpaired) electrons. The standard InChI is InChI=1S/C15H15N5OS/c1-8-6-11-13(22-15(18-11)20-16)9(2)12(8)19-14(21)10-4-3-5-17-7-10/h3-7H,16H2,1-2H3,(H,18,20)(H,19,21). The average Bonchev–Trinajstić information content (AvgIpc) is 2.95. The number of anilines is 2. The molecule has 1 amide bonds.